The van der Waals surface area contributed by atoms with Gasteiger partial charge in [-0.3, -0.25) is 9.59 Å². The molecule has 0 fully saturated rings. The summed E-state index contributed by atoms with van der Waals surface area (Å²) in [6, 6.07) is 8.88. The second-order valence-corrected chi connectivity index (χ2v) is 3.11. The molecule has 0 aliphatic rings. The molecule has 0 aromatic heterocycles. The summed E-state index contributed by atoms with van der Waals surface area (Å²) < 4.78 is 0. The SMILES string of the molecule is O=C(CC(=O)C(=O)O)Cc1ccccc1. The van der Waals surface area contributed by atoms with Crippen LogP contribution in [0.5, 0.6) is 0 Å². The molecule has 78 valence electrons. The first kappa shape index (κ1) is 11.1. The lowest BCUT2D eigenvalue weighted by molar-refractivity contribution is -0.150. The van der Waals surface area contributed by atoms with Crippen molar-refractivity contribution in [2.45, 2.75) is 12.8 Å². The van der Waals surface area contributed by atoms with Crippen LogP contribution >= 0.6 is 0 Å². The summed E-state index contributed by atoms with van der Waals surface area (Å²) in [4.78, 5) is 32.2. The molecule has 1 rings (SSSR count). The van der Waals surface area contributed by atoms with E-state index in [0.717, 1.165) is 5.56 Å². The molecule has 0 bridgehead atoms. The Balaban J connectivity index is 2.51. The van der Waals surface area contributed by atoms with Crippen LogP contribution in [0.1, 0.15) is 12.0 Å². The highest BCUT2D eigenvalue weighted by Crippen LogP contribution is 2.02. The van der Waals surface area contributed by atoms with Crippen molar-refractivity contribution in [1.29, 1.82) is 0 Å². The van der Waals surface area contributed by atoms with Gasteiger partial charge in [0.2, 0.25) is 5.78 Å². The minimum atomic E-state index is -1.56. The van der Waals surface area contributed by atoms with Gasteiger partial charge in [0.15, 0.2) is 0 Å². The van der Waals surface area contributed by atoms with Gasteiger partial charge in [-0.2, -0.15) is 0 Å². The molecule has 0 radical (unpaired) electrons. The van der Waals surface area contributed by atoms with Crippen LogP contribution in [0.2, 0.25) is 0 Å². The lowest BCUT2D eigenvalue weighted by Crippen LogP contribution is -2.18. The van der Waals surface area contributed by atoms with E-state index in [0.29, 0.717) is 0 Å². The van der Waals surface area contributed by atoms with E-state index in [1.165, 1.54) is 0 Å². The predicted molar refractivity (Wildman–Crippen MR) is 52.4 cm³/mol. The average Bonchev–Trinajstić information content (AvgIpc) is 2.18. The molecule has 4 heteroatoms. The Hall–Kier alpha value is -1.97. The van der Waals surface area contributed by atoms with Crippen LogP contribution in [0.25, 0.3) is 0 Å². The van der Waals surface area contributed by atoms with E-state index < -0.39 is 18.2 Å². The molecule has 4 nitrogen and oxygen atoms in total. The van der Waals surface area contributed by atoms with E-state index in [1.807, 2.05) is 6.07 Å². The number of carboxylic acids is 1. The number of Topliss-reactive ketones (excluding diaryl/α,β-unsaturated/α-hetero) is 2. The van der Waals surface area contributed by atoms with Gasteiger partial charge in [0.05, 0.1) is 6.42 Å². The van der Waals surface area contributed by atoms with Gasteiger partial charge in [0.1, 0.15) is 5.78 Å². The first-order chi connectivity index (χ1) is 7.09. The lowest BCUT2D eigenvalue weighted by atomic mass is 10.1. The number of rotatable bonds is 5. The Bertz CT molecular complexity index is 381. The molecule has 0 spiro atoms. The van der Waals surface area contributed by atoms with E-state index in [-0.39, 0.29) is 12.2 Å². The maximum atomic E-state index is 11.2. The highest BCUT2D eigenvalue weighted by molar-refractivity contribution is 6.36. The van der Waals surface area contributed by atoms with E-state index in [1.54, 1.807) is 24.3 Å². The number of hydrogen-bond donors (Lipinski definition) is 1. The Labute approximate surface area is 86.5 Å². The molecule has 0 saturated heterocycles. The summed E-state index contributed by atoms with van der Waals surface area (Å²) >= 11 is 0. The molecular formula is C11H10O4. The van der Waals surface area contributed by atoms with Gasteiger partial charge in [-0.1, -0.05) is 30.3 Å². The van der Waals surface area contributed by atoms with Crippen molar-refractivity contribution in [2.24, 2.45) is 0 Å². The summed E-state index contributed by atoms with van der Waals surface area (Å²) in [6.07, 6.45) is -0.440. The van der Waals surface area contributed by atoms with Crippen LogP contribution in [0.3, 0.4) is 0 Å². The minimum absolute atomic E-state index is 0.0971. The van der Waals surface area contributed by atoms with Gasteiger partial charge >= 0.3 is 5.97 Å². The number of ketones is 2. The van der Waals surface area contributed by atoms with Crippen LogP contribution in [-0.2, 0) is 20.8 Å². The summed E-state index contributed by atoms with van der Waals surface area (Å²) in [7, 11) is 0. The third-order valence-electron chi connectivity index (χ3n) is 1.84. The molecule has 0 amide bonds. The fourth-order valence-corrected chi connectivity index (χ4v) is 1.14. The highest BCUT2D eigenvalue weighted by atomic mass is 16.4. The van der Waals surface area contributed by atoms with E-state index in [9.17, 15) is 14.4 Å². The van der Waals surface area contributed by atoms with Crippen LogP contribution < -0.4 is 0 Å². The Kier molecular flexibility index (Phi) is 3.74. The molecular weight excluding hydrogens is 196 g/mol. The topological polar surface area (TPSA) is 71.4 Å². The largest absolute Gasteiger partial charge is 0.475 e. The van der Waals surface area contributed by atoms with Crippen molar-refractivity contribution < 1.29 is 19.5 Å². The van der Waals surface area contributed by atoms with Crippen molar-refractivity contribution >= 4 is 17.5 Å². The smallest absolute Gasteiger partial charge is 0.372 e. The number of benzene rings is 1. The molecule has 1 aromatic rings. The third-order valence-corrected chi connectivity index (χ3v) is 1.84. The fraction of sp³-hybridized carbons (Fsp3) is 0.182. The number of carboxylic acid groups (broad SMARTS) is 1. The molecule has 0 saturated carbocycles. The summed E-state index contributed by atoms with van der Waals surface area (Å²) in [6.45, 7) is 0. The van der Waals surface area contributed by atoms with Gasteiger partial charge in [0, 0.05) is 6.42 Å². The van der Waals surface area contributed by atoms with Gasteiger partial charge in [0.25, 0.3) is 0 Å². The normalized spacial score (nSPS) is 9.60. The van der Waals surface area contributed by atoms with E-state index >= 15 is 0 Å². The van der Waals surface area contributed by atoms with Crippen LogP contribution in [0.15, 0.2) is 30.3 Å². The second-order valence-electron chi connectivity index (χ2n) is 3.11. The van der Waals surface area contributed by atoms with Crippen molar-refractivity contribution in [1.82, 2.24) is 0 Å². The molecule has 15 heavy (non-hydrogen) atoms. The van der Waals surface area contributed by atoms with E-state index in [2.05, 4.69) is 0 Å². The van der Waals surface area contributed by atoms with Crippen molar-refractivity contribution in [3.05, 3.63) is 35.9 Å². The monoisotopic (exact) mass is 206 g/mol. The fourth-order valence-electron chi connectivity index (χ4n) is 1.14. The standard InChI is InChI=1S/C11H10O4/c12-9(7-10(13)11(14)15)6-8-4-2-1-3-5-8/h1-5H,6-7H2,(H,14,15). The first-order valence-electron chi connectivity index (χ1n) is 4.41. The van der Waals surface area contributed by atoms with Gasteiger partial charge < -0.3 is 5.11 Å². The molecule has 0 heterocycles. The number of carbonyl (C=O) groups excluding carboxylic acids is 2. The summed E-state index contributed by atoms with van der Waals surface area (Å²) in [5.74, 6) is -3.00. The zero-order valence-corrected chi connectivity index (χ0v) is 7.97. The molecule has 0 unspecified atom stereocenters. The van der Waals surface area contributed by atoms with Crippen molar-refractivity contribution in [3.8, 4) is 0 Å². The molecule has 1 N–H and O–H groups in total. The number of hydrogen-bond acceptors (Lipinski definition) is 3. The Morgan fingerprint density at radius 1 is 1.07 bits per heavy atom. The summed E-state index contributed by atoms with van der Waals surface area (Å²) in [5, 5.41) is 8.30. The quantitative estimate of drug-likeness (QED) is 0.572. The molecule has 0 aliphatic heterocycles. The average molecular weight is 206 g/mol. The summed E-state index contributed by atoms with van der Waals surface area (Å²) in [5.41, 5.74) is 0.778. The molecule has 0 atom stereocenters. The van der Waals surface area contributed by atoms with Gasteiger partial charge in [-0.15, -0.1) is 0 Å². The zero-order valence-electron chi connectivity index (χ0n) is 7.97. The maximum absolute atomic E-state index is 11.2. The van der Waals surface area contributed by atoms with E-state index in [4.69, 9.17) is 5.11 Å². The maximum Gasteiger partial charge on any atom is 0.372 e. The molecule has 1 aromatic carbocycles. The number of aliphatic carboxylic acids is 1. The van der Waals surface area contributed by atoms with Crippen molar-refractivity contribution in [2.75, 3.05) is 0 Å². The lowest BCUT2D eigenvalue weighted by Gasteiger charge is -1.98. The number of carbonyl (C=O) groups is 3. The molecule has 0 aliphatic carbocycles. The van der Waals surface area contributed by atoms with Crippen LogP contribution in [0, 0.1) is 0 Å². The van der Waals surface area contributed by atoms with Gasteiger partial charge in [-0.05, 0) is 5.56 Å². The predicted octanol–water partition coefficient (Wildman–Crippen LogP) is 0.842. The second kappa shape index (κ2) is 5.05. The Morgan fingerprint density at radius 2 is 1.67 bits per heavy atom. The zero-order chi connectivity index (χ0) is 11.3. The van der Waals surface area contributed by atoms with Crippen LogP contribution in [0.4, 0.5) is 0 Å². The minimum Gasteiger partial charge on any atom is -0.475 e. The Morgan fingerprint density at radius 3 is 2.20 bits per heavy atom. The van der Waals surface area contributed by atoms with Crippen LogP contribution in [-0.4, -0.2) is 22.6 Å². The van der Waals surface area contributed by atoms with Crippen molar-refractivity contribution in [3.63, 3.8) is 0 Å². The third kappa shape index (κ3) is 3.72. The first-order valence-corrected chi connectivity index (χ1v) is 4.41. The highest BCUT2D eigenvalue weighted by Gasteiger charge is 2.16. The van der Waals surface area contributed by atoms with Gasteiger partial charge in [-0.25, -0.2) is 4.79 Å².